The minimum Gasteiger partial charge on any atom is -0.467 e. The van der Waals surface area contributed by atoms with E-state index in [1.807, 2.05) is 37.3 Å². The third-order valence-electron chi connectivity index (χ3n) is 3.51. The zero-order valence-electron chi connectivity index (χ0n) is 12.1. The fraction of sp³-hybridized carbons (Fsp3) is 0.235. The summed E-state index contributed by atoms with van der Waals surface area (Å²) in [5.41, 5.74) is 0.277. The van der Waals surface area contributed by atoms with Crippen LogP contribution in [0.1, 0.15) is 18.9 Å². The summed E-state index contributed by atoms with van der Waals surface area (Å²) in [6, 6.07) is 15.3. The van der Waals surface area contributed by atoms with E-state index in [0.29, 0.717) is 12.1 Å². The van der Waals surface area contributed by atoms with E-state index in [1.165, 1.54) is 19.2 Å². The quantitative estimate of drug-likeness (QED) is 0.852. The van der Waals surface area contributed by atoms with Gasteiger partial charge >= 0.3 is 5.97 Å². The number of nitrogens with one attached hydrogen (secondary N) is 1. The molecule has 0 heterocycles. The maximum Gasteiger partial charge on any atom is 0.336 e. The first-order valence-electron chi connectivity index (χ1n) is 6.80. The summed E-state index contributed by atoms with van der Waals surface area (Å²) >= 11 is 0. The first-order valence-corrected chi connectivity index (χ1v) is 6.80. The molecule has 0 aliphatic heterocycles. The lowest BCUT2D eigenvalue weighted by atomic mass is 9.86. The summed E-state index contributed by atoms with van der Waals surface area (Å²) in [4.78, 5) is 12.4. The van der Waals surface area contributed by atoms with Crippen LogP contribution in [0.4, 0.5) is 10.1 Å². The highest BCUT2D eigenvalue weighted by Gasteiger charge is 2.39. The number of esters is 1. The summed E-state index contributed by atoms with van der Waals surface area (Å²) in [5, 5.41) is 3.14. The van der Waals surface area contributed by atoms with Crippen LogP contribution in [-0.2, 0) is 15.1 Å². The number of ether oxygens (including phenoxy) is 1. The predicted molar refractivity (Wildman–Crippen MR) is 80.4 cm³/mol. The molecule has 0 saturated heterocycles. The molecule has 1 N–H and O–H groups in total. The van der Waals surface area contributed by atoms with Gasteiger partial charge in [-0.3, -0.25) is 0 Å². The number of carbonyl (C=O) groups excluding carboxylic acids is 1. The van der Waals surface area contributed by atoms with Crippen molar-refractivity contribution in [3.63, 3.8) is 0 Å². The van der Waals surface area contributed by atoms with Crippen LogP contribution < -0.4 is 5.32 Å². The lowest BCUT2D eigenvalue weighted by molar-refractivity contribution is -0.146. The predicted octanol–water partition coefficient (Wildman–Crippen LogP) is 3.72. The first kappa shape index (κ1) is 15.0. The van der Waals surface area contributed by atoms with Crippen LogP contribution in [0, 0.1) is 5.82 Å². The fourth-order valence-electron chi connectivity index (χ4n) is 2.39. The van der Waals surface area contributed by atoms with E-state index >= 15 is 0 Å². The highest BCUT2D eigenvalue weighted by Crippen LogP contribution is 2.31. The van der Waals surface area contributed by atoms with E-state index in [9.17, 15) is 9.18 Å². The molecule has 110 valence electrons. The third kappa shape index (κ3) is 3.05. The normalized spacial score (nSPS) is 13.3. The molecule has 2 aromatic carbocycles. The summed E-state index contributed by atoms with van der Waals surface area (Å²) in [7, 11) is 1.35. The molecule has 0 aliphatic rings. The number of rotatable bonds is 5. The van der Waals surface area contributed by atoms with Gasteiger partial charge in [0.05, 0.1) is 7.11 Å². The molecule has 4 heteroatoms. The van der Waals surface area contributed by atoms with Crippen molar-refractivity contribution in [1.82, 2.24) is 0 Å². The van der Waals surface area contributed by atoms with E-state index in [0.717, 1.165) is 5.56 Å². The van der Waals surface area contributed by atoms with Crippen LogP contribution in [0.2, 0.25) is 0 Å². The summed E-state index contributed by atoms with van der Waals surface area (Å²) in [6.45, 7) is 1.89. The maximum absolute atomic E-state index is 13.4. The molecule has 1 atom stereocenters. The summed E-state index contributed by atoms with van der Waals surface area (Å²) in [6.07, 6.45) is 0.472. The Hall–Kier alpha value is -2.36. The van der Waals surface area contributed by atoms with Gasteiger partial charge in [0.15, 0.2) is 5.54 Å². The number of hydrogen-bond donors (Lipinski definition) is 1. The van der Waals surface area contributed by atoms with Crippen molar-refractivity contribution in [2.24, 2.45) is 0 Å². The highest BCUT2D eigenvalue weighted by molar-refractivity contribution is 5.86. The van der Waals surface area contributed by atoms with Gasteiger partial charge in [-0.05, 0) is 30.2 Å². The van der Waals surface area contributed by atoms with Crippen LogP contribution in [0.15, 0.2) is 54.6 Å². The van der Waals surface area contributed by atoms with E-state index in [4.69, 9.17) is 4.74 Å². The van der Waals surface area contributed by atoms with E-state index in [2.05, 4.69) is 5.32 Å². The molecule has 0 saturated carbocycles. The molecule has 0 radical (unpaired) electrons. The van der Waals surface area contributed by atoms with Crippen LogP contribution in [0.25, 0.3) is 0 Å². The number of halogens is 1. The molecule has 0 aromatic heterocycles. The van der Waals surface area contributed by atoms with Gasteiger partial charge in [0.1, 0.15) is 5.82 Å². The fourth-order valence-corrected chi connectivity index (χ4v) is 2.39. The van der Waals surface area contributed by atoms with Crippen LogP contribution in [0.3, 0.4) is 0 Å². The van der Waals surface area contributed by atoms with Crippen molar-refractivity contribution in [3.05, 3.63) is 66.0 Å². The van der Waals surface area contributed by atoms with Gasteiger partial charge in [-0.25, -0.2) is 9.18 Å². The van der Waals surface area contributed by atoms with Gasteiger partial charge in [-0.1, -0.05) is 43.3 Å². The van der Waals surface area contributed by atoms with Gasteiger partial charge in [-0.15, -0.1) is 0 Å². The van der Waals surface area contributed by atoms with Gasteiger partial charge < -0.3 is 10.1 Å². The third-order valence-corrected chi connectivity index (χ3v) is 3.51. The molecule has 0 fully saturated rings. The second kappa shape index (κ2) is 6.39. The lowest BCUT2D eigenvalue weighted by Crippen LogP contribution is -2.43. The van der Waals surface area contributed by atoms with Crippen LogP contribution in [-0.4, -0.2) is 13.1 Å². The Kier molecular flexibility index (Phi) is 4.58. The zero-order valence-corrected chi connectivity index (χ0v) is 12.1. The van der Waals surface area contributed by atoms with Crippen molar-refractivity contribution >= 4 is 11.7 Å². The Labute approximate surface area is 123 Å². The molecule has 2 aromatic rings. The molecule has 0 amide bonds. The molecular weight excluding hydrogens is 269 g/mol. The van der Waals surface area contributed by atoms with Gasteiger partial charge in [0.2, 0.25) is 0 Å². The number of hydrogen-bond acceptors (Lipinski definition) is 3. The average molecular weight is 287 g/mol. The van der Waals surface area contributed by atoms with E-state index in [-0.39, 0.29) is 5.82 Å². The Morgan fingerprint density at radius 2 is 1.90 bits per heavy atom. The minimum atomic E-state index is -1.04. The van der Waals surface area contributed by atoms with Crippen molar-refractivity contribution in [1.29, 1.82) is 0 Å². The van der Waals surface area contributed by atoms with Crippen LogP contribution >= 0.6 is 0 Å². The Morgan fingerprint density at radius 3 is 2.48 bits per heavy atom. The molecule has 1 unspecified atom stereocenters. The Morgan fingerprint density at radius 1 is 1.19 bits per heavy atom. The zero-order chi connectivity index (χ0) is 15.3. The number of methoxy groups -OCH3 is 1. The number of anilines is 1. The maximum atomic E-state index is 13.4. The molecule has 3 nitrogen and oxygen atoms in total. The monoisotopic (exact) mass is 287 g/mol. The topological polar surface area (TPSA) is 38.3 Å². The average Bonchev–Trinajstić information content (AvgIpc) is 2.53. The van der Waals surface area contributed by atoms with E-state index < -0.39 is 11.5 Å². The Balaban J connectivity index is 2.48. The first-order chi connectivity index (χ1) is 10.1. The molecule has 0 bridgehead atoms. The molecule has 21 heavy (non-hydrogen) atoms. The standard InChI is InChI=1S/C17H18FNO2/c1-3-17(16(20)21-2,13-8-5-4-6-9-13)19-15-11-7-10-14(18)12-15/h4-12,19H,3H2,1-2H3. The second-order valence-electron chi connectivity index (χ2n) is 4.75. The van der Waals surface area contributed by atoms with Crippen molar-refractivity contribution in [2.45, 2.75) is 18.9 Å². The molecule has 0 spiro atoms. The smallest absolute Gasteiger partial charge is 0.336 e. The largest absolute Gasteiger partial charge is 0.467 e. The minimum absolute atomic E-state index is 0.358. The van der Waals surface area contributed by atoms with Gasteiger partial charge in [0.25, 0.3) is 0 Å². The molecular formula is C17H18FNO2. The van der Waals surface area contributed by atoms with Gasteiger partial charge in [-0.2, -0.15) is 0 Å². The van der Waals surface area contributed by atoms with Crippen molar-refractivity contribution < 1.29 is 13.9 Å². The lowest BCUT2D eigenvalue weighted by Gasteiger charge is -2.32. The van der Waals surface area contributed by atoms with Crippen molar-refractivity contribution in [3.8, 4) is 0 Å². The van der Waals surface area contributed by atoms with Gasteiger partial charge in [0, 0.05) is 5.69 Å². The molecule has 0 aliphatic carbocycles. The number of carbonyl (C=O) groups is 1. The summed E-state index contributed by atoms with van der Waals surface area (Å²) < 4.78 is 18.3. The second-order valence-corrected chi connectivity index (χ2v) is 4.75. The van der Waals surface area contributed by atoms with Crippen LogP contribution in [0.5, 0.6) is 0 Å². The number of benzene rings is 2. The summed E-state index contributed by atoms with van der Waals surface area (Å²) in [5.74, 6) is -0.761. The highest BCUT2D eigenvalue weighted by atomic mass is 19.1. The van der Waals surface area contributed by atoms with Crippen molar-refractivity contribution in [2.75, 3.05) is 12.4 Å². The Bertz CT molecular complexity index is 615. The SMILES string of the molecule is CCC(Nc1cccc(F)c1)(C(=O)OC)c1ccccc1. The van der Waals surface area contributed by atoms with E-state index in [1.54, 1.807) is 12.1 Å². The molecule has 2 rings (SSSR count).